The number of nitrogens with two attached hydrogens (primary N) is 1. The van der Waals surface area contributed by atoms with Crippen LogP contribution in [0.5, 0.6) is 0 Å². The lowest BCUT2D eigenvalue weighted by Gasteiger charge is -2.23. The highest BCUT2D eigenvalue weighted by molar-refractivity contribution is 9.10. The first-order valence-electron chi connectivity index (χ1n) is 17.8. The van der Waals surface area contributed by atoms with Crippen molar-refractivity contribution in [2.45, 2.75) is 64.8 Å². The van der Waals surface area contributed by atoms with Crippen molar-refractivity contribution >= 4 is 117 Å². The third-order valence-corrected chi connectivity index (χ3v) is 9.73. The molecule has 6 rings (SSSR count). The Morgan fingerprint density at radius 2 is 1.17 bits per heavy atom. The number of ketones is 2. The Bertz CT molecular complexity index is 2070. The number of nitrogen functional groups attached to an aromatic ring is 1. The van der Waals surface area contributed by atoms with Crippen molar-refractivity contribution in [1.82, 2.24) is 19.8 Å². The molecule has 4 aromatic rings. The lowest BCUT2D eigenvalue weighted by atomic mass is 10.2. The van der Waals surface area contributed by atoms with E-state index in [4.69, 9.17) is 26.8 Å². The van der Waals surface area contributed by atoms with Gasteiger partial charge in [0.25, 0.3) is 0 Å². The Hall–Kier alpha value is -4.49. The van der Waals surface area contributed by atoms with Crippen molar-refractivity contribution in [2.24, 2.45) is 0 Å². The second-order valence-corrected chi connectivity index (χ2v) is 15.0. The normalized spacial score (nSPS) is 15.1. The molecule has 3 amide bonds. The van der Waals surface area contributed by atoms with Crippen LogP contribution in [0.15, 0.2) is 94.1 Å². The molecule has 316 valence electrons. The average molecular weight is 997 g/mol. The van der Waals surface area contributed by atoms with E-state index in [0.717, 1.165) is 22.0 Å². The topological polar surface area (TPSA) is 191 Å². The van der Waals surface area contributed by atoms with Crippen molar-refractivity contribution in [1.29, 1.82) is 0 Å². The number of nitrogens with one attached hydrogen (secondary N) is 1. The van der Waals surface area contributed by atoms with Gasteiger partial charge in [-0.05, 0) is 92.4 Å². The number of benzene rings is 2. The number of amides is 3. The minimum atomic E-state index is -0.651. The molecule has 0 bridgehead atoms. The zero-order valence-electron chi connectivity index (χ0n) is 32.2. The molecule has 2 atom stereocenters. The number of nitrogens with zero attached hydrogens (tertiary/aromatic N) is 4. The van der Waals surface area contributed by atoms with Crippen molar-refractivity contribution in [2.75, 3.05) is 24.1 Å². The van der Waals surface area contributed by atoms with E-state index in [1.165, 1.54) is 29.8 Å². The number of likely N-dealkylation sites (tertiary alicyclic amines) is 2. The third-order valence-electron chi connectivity index (χ3n) is 8.61. The van der Waals surface area contributed by atoms with Gasteiger partial charge in [-0.15, -0.1) is 0 Å². The summed E-state index contributed by atoms with van der Waals surface area (Å²) in [7, 11) is 0. The smallest absolute Gasteiger partial charge is 0.410 e. The number of anilines is 2. The highest BCUT2D eigenvalue weighted by atomic mass is 79.9. The molecule has 0 radical (unpaired) electrons. The zero-order chi connectivity index (χ0) is 41.5. The zero-order valence-corrected chi connectivity index (χ0v) is 38.1. The third kappa shape index (κ3) is 15.6. The first-order valence-corrected chi connectivity index (χ1v) is 19.7. The van der Waals surface area contributed by atoms with Crippen LogP contribution in [0.1, 0.15) is 71.6 Å². The van der Waals surface area contributed by atoms with E-state index >= 15 is 0 Å². The summed E-state index contributed by atoms with van der Waals surface area (Å²) < 4.78 is 11.9. The van der Waals surface area contributed by atoms with Gasteiger partial charge in [-0.2, -0.15) is 27.0 Å². The lowest BCUT2D eigenvalue weighted by molar-refractivity contribution is -0.120. The molecule has 2 aliphatic rings. The summed E-state index contributed by atoms with van der Waals surface area (Å²) in [5, 5.41) is 2.24. The quantitative estimate of drug-likeness (QED) is 0.121. The van der Waals surface area contributed by atoms with E-state index < -0.39 is 29.5 Å². The van der Waals surface area contributed by atoms with Crippen molar-refractivity contribution in [3.63, 3.8) is 0 Å². The molecule has 59 heavy (non-hydrogen) atoms. The van der Waals surface area contributed by atoms with E-state index in [9.17, 15) is 28.8 Å². The Kier molecular flexibility index (Phi) is 21.6. The van der Waals surface area contributed by atoms with Crippen LogP contribution < -0.4 is 11.1 Å². The molecule has 0 saturated carbocycles. The fourth-order valence-electron chi connectivity index (χ4n) is 5.86. The minimum absolute atomic E-state index is 0. The van der Waals surface area contributed by atoms with Crippen molar-refractivity contribution in [3.8, 4) is 0 Å². The predicted octanol–water partition coefficient (Wildman–Crippen LogP) is 8.19. The molecule has 2 aromatic carbocycles. The van der Waals surface area contributed by atoms with Crippen LogP contribution >= 0.6 is 70.5 Å². The second kappa shape index (κ2) is 25.2. The van der Waals surface area contributed by atoms with Gasteiger partial charge >= 0.3 is 12.2 Å². The summed E-state index contributed by atoms with van der Waals surface area (Å²) in [6.07, 6.45) is 4.67. The fraction of sp³-hybridized carbons (Fsp3) is 0.300. The minimum Gasteiger partial charge on any atom is -0.445 e. The average Bonchev–Trinajstić information content (AvgIpc) is 3.89. The Balaban J connectivity index is 0.000000332. The van der Waals surface area contributed by atoms with Gasteiger partial charge in [-0.25, -0.2) is 19.6 Å². The maximum atomic E-state index is 12.8. The summed E-state index contributed by atoms with van der Waals surface area (Å²) in [4.78, 5) is 81.5. The van der Waals surface area contributed by atoms with Gasteiger partial charge in [-0.1, -0.05) is 60.7 Å². The Morgan fingerprint density at radius 3 is 1.63 bits per heavy atom. The SMILES string of the molecule is CC(=O)c1ncc(Br)cc1N.CC(=O)c1ncc(Br)cc1NC(=O)[C@@H]1CCCN1C(=O)OCc1ccccc1.O=C(Cl)[C@@H]1CCCN1C(=O)OCc1ccccc1.S.S. The Labute approximate surface area is 378 Å². The number of Topliss-reactive ketones (excluding diaryl/α,β-unsaturated/α-hetero) is 2. The molecule has 19 heteroatoms. The molecule has 0 unspecified atom stereocenters. The van der Waals surface area contributed by atoms with Crippen LogP contribution in [0.2, 0.25) is 0 Å². The summed E-state index contributed by atoms with van der Waals surface area (Å²) in [6, 6.07) is 20.9. The molecule has 0 spiro atoms. The summed E-state index contributed by atoms with van der Waals surface area (Å²) in [5.74, 6) is -0.736. The van der Waals surface area contributed by atoms with Gasteiger partial charge in [0.05, 0.1) is 11.4 Å². The number of aromatic nitrogens is 2. The van der Waals surface area contributed by atoms with Crippen LogP contribution in [0.4, 0.5) is 21.0 Å². The van der Waals surface area contributed by atoms with E-state index in [0.29, 0.717) is 53.9 Å². The number of carbonyl (C=O) groups is 6. The number of rotatable bonds is 9. The molecule has 4 heterocycles. The maximum Gasteiger partial charge on any atom is 0.410 e. The number of hydrogen-bond donors (Lipinski definition) is 2. The van der Waals surface area contributed by atoms with Crippen molar-refractivity contribution in [3.05, 3.63) is 117 Å². The summed E-state index contributed by atoms with van der Waals surface area (Å²) in [6.45, 7) is 4.15. The van der Waals surface area contributed by atoms with Gasteiger partial charge < -0.3 is 20.5 Å². The largest absolute Gasteiger partial charge is 0.445 e. The summed E-state index contributed by atoms with van der Waals surface area (Å²) >= 11 is 11.9. The molecule has 0 aliphatic carbocycles. The molecule has 3 N–H and O–H groups in total. The number of hydrogen-bond acceptors (Lipinski definition) is 11. The van der Waals surface area contributed by atoms with Crippen LogP contribution in [-0.2, 0) is 32.3 Å². The number of carbonyl (C=O) groups excluding carboxylic acids is 6. The van der Waals surface area contributed by atoms with Crippen LogP contribution in [0, 0.1) is 0 Å². The standard InChI is InChI=1S/C20H20BrN3O4.C13H14ClNO3.C7H7BrN2O.2H2S/c1-13(25)18-16(10-15(21)11-22-18)23-19(26)17-8-5-9-24(17)20(27)28-12-14-6-3-2-4-7-14;14-12(16)11-7-4-8-15(11)13(17)18-9-10-5-2-1-3-6-10;1-4(11)7-6(9)2-5(8)3-10-7;;/h2-4,6-7,10-11,17H,5,8-9,12H2,1H3,(H,23,26);1-3,5-6,11H,4,7-9H2;2-3H,9H2,1H3;2*1H2/t17-;11-;;;/m00.../s1. The first kappa shape index (κ1) is 50.7. The second-order valence-electron chi connectivity index (χ2n) is 12.8. The van der Waals surface area contributed by atoms with Crippen LogP contribution in [-0.4, -0.2) is 79.8 Å². The van der Waals surface area contributed by atoms with Crippen LogP contribution in [0.3, 0.4) is 0 Å². The highest BCUT2D eigenvalue weighted by Crippen LogP contribution is 2.24. The van der Waals surface area contributed by atoms with E-state index in [-0.39, 0.29) is 63.4 Å². The summed E-state index contributed by atoms with van der Waals surface area (Å²) in [5.41, 5.74) is 8.53. The van der Waals surface area contributed by atoms with Gasteiger partial charge in [0.15, 0.2) is 11.6 Å². The first-order chi connectivity index (χ1) is 27.2. The van der Waals surface area contributed by atoms with E-state index in [1.807, 2.05) is 60.7 Å². The molecular weight excluding hydrogens is 952 g/mol. The van der Waals surface area contributed by atoms with Gasteiger partial charge in [0, 0.05) is 48.3 Å². The number of ether oxygens (including phenoxy) is 2. The molecule has 2 saturated heterocycles. The van der Waals surface area contributed by atoms with Crippen molar-refractivity contribution < 1.29 is 38.2 Å². The maximum absolute atomic E-state index is 12.8. The number of halogens is 3. The number of pyridine rings is 2. The molecule has 2 fully saturated rings. The van der Waals surface area contributed by atoms with Gasteiger partial charge in [0.1, 0.15) is 36.7 Å². The van der Waals surface area contributed by atoms with Gasteiger partial charge in [0.2, 0.25) is 11.1 Å². The molecular formula is C40H45Br2ClN6O8S2. The van der Waals surface area contributed by atoms with E-state index in [2.05, 4.69) is 47.1 Å². The van der Waals surface area contributed by atoms with Gasteiger partial charge in [-0.3, -0.25) is 29.0 Å². The fourth-order valence-corrected chi connectivity index (χ4v) is 6.77. The molecule has 2 aliphatic heterocycles. The molecule has 2 aromatic heterocycles. The molecule has 14 nitrogen and oxygen atoms in total. The van der Waals surface area contributed by atoms with E-state index in [1.54, 1.807) is 18.3 Å². The van der Waals surface area contributed by atoms with Crippen LogP contribution in [0.25, 0.3) is 0 Å². The monoisotopic (exact) mass is 994 g/mol. The lowest BCUT2D eigenvalue weighted by Crippen LogP contribution is -2.43. The predicted molar refractivity (Wildman–Crippen MR) is 241 cm³/mol. The Morgan fingerprint density at radius 1 is 0.729 bits per heavy atom. The highest BCUT2D eigenvalue weighted by Gasteiger charge is 2.36.